The lowest BCUT2D eigenvalue weighted by Crippen LogP contribution is -2.40. The molecule has 2 aromatic heterocycles. The highest BCUT2D eigenvalue weighted by Gasteiger charge is 2.28. The molecule has 0 radical (unpaired) electrons. The van der Waals surface area contributed by atoms with Gasteiger partial charge in [0.1, 0.15) is 11.5 Å². The second kappa shape index (κ2) is 14.9. The minimum atomic E-state index is 0.0875. The fraction of sp³-hybridized carbons (Fsp3) is 0.378. The van der Waals surface area contributed by atoms with Gasteiger partial charge in [-0.25, -0.2) is 9.97 Å². The first-order valence-corrected chi connectivity index (χ1v) is 17.8. The lowest BCUT2D eigenvalue weighted by atomic mass is 9.96. The predicted octanol–water partition coefficient (Wildman–Crippen LogP) is 5.31. The van der Waals surface area contributed by atoms with Gasteiger partial charge in [-0.05, 0) is 25.3 Å². The lowest BCUT2D eigenvalue weighted by molar-refractivity contribution is -0.120. The van der Waals surface area contributed by atoms with Crippen LogP contribution in [-0.2, 0) is 16.1 Å². The van der Waals surface area contributed by atoms with Crippen LogP contribution in [0.1, 0.15) is 49.4 Å². The molecule has 0 saturated carbocycles. The summed E-state index contributed by atoms with van der Waals surface area (Å²) in [5.74, 6) is 1.53. The molecule has 2 fully saturated rings. The zero-order chi connectivity index (χ0) is 34.8. The second-order valence-corrected chi connectivity index (χ2v) is 13.8. The van der Waals surface area contributed by atoms with Gasteiger partial charge in [0.05, 0.1) is 34.7 Å². The van der Waals surface area contributed by atoms with E-state index in [1.165, 1.54) is 0 Å². The molecule has 2 unspecified atom stereocenters. The summed E-state index contributed by atoms with van der Waals surface area (Å²) in [6, 6.07) is 16.3. The van der Waals surface area contributed by atoms with E-state index in [0.717, 1.165) is 66.1 Å². The van der Waals surface area contributed by atoms with E-state index in [-0.39, 0.29) is 29.9 Å². The molecule has 50 heavy (non-hydrogen) atoms. The van der Waals surface area contributed by atoms with Crippen molar-refractivity contribution in [3.05, 3.63) is 76.0 Å². The fourth-order valence-corrected chi connectivity index (χ4v) is 7.63. The number of aromatic nitrogens is 3. The lowest BCUT2D eigenvalue weighted by Gasteiger charge is -2.33. The number of carbonyl (C=O) groups excluding carboxylic acids is 2. The van der Waals surface area contributed by atoms with Crippen molar-refractivity contribution in [3.8, 4) is 39.5 Å². The number of hydrogen-bond donors (Lipinski definition) is 4. The second-order valence-electron chi connectivity index (χ2n) is 13.1. The van der Waals surface area contributed by atoms with Crippen LogP contribution >= 0.6 is 23.2 Å². The molecule has 7 rings (SSSR count). The maximum Gasteiger partial charge on any atom is 0.237 e. The highest BCUT2D eigenvalue weighted by molar-refractivity contribution is 6.39. The Morgan fingerprint density at radius 1 is 0.840 bits per heavy atom. The number of ether oxygens (including phenoxy) is 1. The van der Waals surface area contributed by atoms with Crippen molar-refractivity contribution in [2.24, 2.45) is 0 Å². The minimum absolute atomic E-state index is 0.0875. The van der Waals surface area contributed by atoms with Crippen molar-refractivity contribution in [1.29, 1.82) is 0 Å². The monoisotopic (exact) mass is 714 g/mol. The third-order valence-electron chi connectivity index (χ3n) is 9.70. The smallest absolute Gasteiger partial charge is 0.237 e. The Kier molecular flexibility index (Phi) is 10.2. The van der Waals surface area contributed by atoms with E-state index in [1.54, 1.807) is 13.3 Å². The van der Waals surface area contributed by atoms with Crippen LogP contribution in [-0.4, -0.2) is 72.6 Å². The number of benzene rings is 2. The molecule has 2 aromatic carbocycles. The van der Waals surface area contributed by atoms with Crippen molar-refractivity contribution in [1.82, 2.24) is 36.2 Å². The third-order valence-corrected chi connectivity index (χ3v) is 10.5. The first kappa shape index (κ1) is 34.2. The Bertz CT molecular complexity index is 1920. The number of nitrogens with zero attached hydrogens (tertiary/aromatic N) is 4. The molecule has 3 aliphatic heterocycles. The number of methoxy groups -OCH3 is 1. The quantitative estimate of drug-likeness (QED) is 0.163. The van der Waals surface area contributed by atoms with E-state index >= 15 is 0 Å². The van der Waals surface area contributed by atoms with Gasteiger partial charge < -0.3 is 30.9 Å². The topological polar surface area (TPSA) is 133 Å². The summed E-state index contributed by atoms with van der Waals surface area (Å²) < 4.78 is 5.60. The van der Waals surface area contributed by atoms with Crippen LogP contribution in [0.15, 0.2) is 54.7 Å². The Morgan fingerprint density at radius 3 is 2.12 bits per heavy atom. The number of hydrogen-bond acceptors (Lipinski definition) is 9. The number of rotatable bonds is 11. The summed E-state index contributed by atoms with van der Waals surface area (Å²) in [5.41, 5.74) is 6.20. The molecule has 0 spiro atoms. The number of anilines is 1. The van der Waals surface area contributed by atoms with Crippen LogP contribution in [0.3, 0.4) is 0 Å². The molecule has 4 N–H and O–H groups in total. The summed E-state index contributed by atoms with van der Waals surface area (Å²) in [6.07, 6.45) is 5.48. The Morgan fingerprint density at radius 2 is 1.48 bits per heavy atom. The van der Waals surface area contributed by atoms with E-state index in [0.29, 0.717) is 58.8 Å². The Labute approximate surface area is 301 Å². The van der Waals surface area contributed by atoms with E-state index in [1.807, 2.05) is 42.5 Å². The summed E-state index contributed by atoms with van der Waals surface area (Å²) in [5, 5.41) is 14.1. The van der Waals surface area contributed by atoms with Crippen molar-refractivity contribution in [2.75, 3.05) is 38.7 Å². The van der Waals surface area contributed by atoms with Gasteiger partial charge in [0.25, 0.3) is 0 Å². The molecule has 11 nitrogen and oxygen atoms in total. The van der Waals surface area contributed by atoms with Gasteiger partial charge >= 0.3 is 0 Å². The van der Waals surface area contributed by atoms with Gasteiger partial charge in [0, 0.05) is 92.0 Å². The molecule has 13 heteroatoms. The van der Waals surface area contributed by atoms with Gasteiger partial charge in [-0.3, -0.25) is 14.6 Å². The van der Waals surface area contributed by atoms with E-state index in [9.17, 15) is 9.59 Å². The number of fused-ring (bicyclic) bond motifs is 1. The Hall–Kier alpha value is -4.29. The summed E-state index contributed by atoms with van der Waals surface area (Å²) in [4.78, 5) is 39.9. The number of pyridine rings is 1. The van der Waals surface area contributed by atoms with Gasteiger partial charge in [-0.1, -0.05) is 65.7 Å². The average molecular weight is 716 g/mol. The standard InChI is InChI=1S/C37H40Cl2N8O3/c1-47-16-15-28(41-18-22-10-14-33(49)44-22)27-11-12-29(45-36(27)47)25-7-3-5-23(34(25)38)24-6-4-8-26(35(24)39)30-20-42-31(37(46-30)50-2)19-40-17-21-9-13-32(48)43-21/h3-8,11-12,20-22,28,40-41H,9-10,13-19H2,1-2H3,(H,43,48)(H,44,49)/t21?,22-,28?/m0/s1. The average Bonchev–Trinajstić information content (AvgIpc) is 3.75. The van der Waals surface area contributed by atoms with E-state index < -0.39 is 0 Å². The first-order chi connectivity index (χ1) is 24.3. The van der Waals surface area contributed by atoms with Gasteiger partial charge in [-0.2, -0.15) is 0 Å². The van der Waals surface area contributed by atoms with E-state index in [2.05, 4.69) is 44.3 Å². The highest BCUT2D eigenvalue weighted by atomic mass is 35.5. The molecule has 3 aliphatic rings. The number of halogens is 2. The van der Waals surface area contributed by atoms with Gasteiger partial charge in [0.2, 0.25) is 17.7 Å². The largest absolute Gasteiger partial charge is 0.480 e. The molecule has 5 heterocycles. The van der Waals surface area contributed by atoms with Crippen molar-refractivity contribution < 1.29 is 14.3 Å². The van der Waals surface area contributed by atoms with Crippen LogP contribution in [0.2, 0.25) is 10.0 Å². The SMILES string of the molecule is COc1nc(-c2cccc(-c3cccc(-c4ccc5c(n4)N(C)CCC5NC[C@@H]4CCC(=O)N4)c3Cl)c2Cl)cnc1CNCC1CCC(=O)N1. The molecule has 2 amide bonds. The highest BCUT2D eigenvalue weighted by Crippen LogP contribution is 2.43. The molecular formula is C37H40Cl2N8O3. The summed E-state index contributed by atoms with van der Waals surface area (Å²) >= 11 is 14.3. The van der Waals surface area contributed by atoms with Gasteiger partial charge in [0.15, 0.2) is 0 Å². The summed E-state index contributed by atoms with van der Waals surface area (Å²) in [6.45, 7) is 2.68. The van der Waals surface area contributed by atoms with Crippen molar-refractivity contribution >= 4 is 40.8 Å². The third kappa shape index (κ3) is 7.14. The maximum atomic E-state index is 11.7. The van der Waals surface area contributed by atoms with Gasteiger partial charge in [-0.15, -0.1) is 0 Å². The zero-order valence-corrected chi connectivity index (χ0v) is 29.6. The van der Waals surface area contributed by atoms with Crippen LogP contribution in [0, 0.1) is 0 Å². The van der Waals surface area contributed by atoms with Crippen LogP contribution in [0.5, 0.6) is 5.88 Å². The normalized spacial score (nSPS) is 20.1. The molecule has 0 bridgehead atoms. The molecular weight excluding hydrogens is 675 g/mol. The van der Waals surface area contributed by atoms with Crippen LogP contribution in [0.25, 0.3) is 33.6 Å². The van der Waals surface area contributed by atoms with Crippen LogP contribution < -0.4 is 30.9 Å². The molecule has 3 atom stereocenters. The zero-order valence-electron chi connectivity index (χ0n) is 28.1. The minimum Gasteiger partial charge on any atom is -0.480 e. The number of nitrogens with one attached hydrogen (secondary N) is 4. The summed E-state index contributed by atoms with van der Waals surface area (Å²) in [7, 11) is 3.63. The Balaban J connectivity index is 1.12. The molecule has 4 aromatic rings. The fourth-order valence-electron chi connectivity index (χ4n) is 6.98. The molecule has 2 saturated heterocycles. The predicted molar refractivity (Wildman–Crippen MR) is 195 cm³/mol. The van der Waals surface area contributed by atoms with Crippen molar-refractivity contribution in [3.63, 3.8) is 0 Å². The first-order valence-electron chi connectivity index (χ1n) is 17.0. The maximum absolute atomic E-state index is 11.7. The molecule has 0 aliphatic carbocycles. The van der Waals surface area contributed by atoms with Crippen molar-refractivity contribution in [2.45, 2.75) is 56.8 Å². The number of amides is 2. The number of carbonyl (C=O) groups is 2. The van der Waals surface area contributed by atoms with Crippen LogP contribution in [0.4, 0.5) is 5.82 Å². The van der Waals surface area contributed by atoms with E-state index in [4.69, 9.17) is 37.9 Å². The molecule has 260 valence electrons.